The molecule has 0 aromatic heterocycles. The fraction of sp³-hybridized carbons (Fsp3) is 0.769. The molecular formula is C39H71O8P. The molecule has 1 unspecified atom stereocenters. The van der Waals surface area contributed by atoms with Crippen LogP contribution in [0.25, 0.3) is 0 Å². The maximum absolute atomic E-state index is 12.2. The minimum Gasteiger partial charge on any atom is -0.492 e. The fourth-order valence-corrected chi connectivity index (χ4v) is 5.50. The van der Waals surface area contributed by atoms with Gasteiger partial charge in [0, 0.05) is 6.42 Å². The molecule has 0 heterocycles. The zero-order valence-corrected chi connectivity index (χ0v) is 31.4. The molecule has 0 saturated carbocycles. The Labute approximate surface area is 293 Å². The van der Waals surface area contributed by atoms with Crippen molar-refractivity contribution in [2.45, 2.75) is 180 Å². The summed E-state index contributed by atoms with van der Waals surface area (Å²) in [6, 6.07) is 0. The van der Waals surface area contributed by atoms with Crippen molar-refractivity contribution >= 4 is 13.8 Å². The van der Waals surface area contributed by atoms with Gasteiger partial charge < -0.3 is 24.4 Å². The molecule has 0 rings (SSSR count). The minimum absolute atomic E-state index is 0.116. The summed E-state index contributed by atoms with van der Waals surface area (Å²) >= 11 is 0. The van der Waals surface area contributed by atoms with E-state index < -0.39 is 32.6 Å². The van der Waals surface area contributed by atoms with Crippen LogP contribution in [0, 0.1) is 0 Å². The van der Waals surface area contributed by atoms with E-state index in [1.165, 1.54) is 109 Å². The first-order valence-corrected chi connectivity index (χ1v) is 20.6. The van der Waals surface area contributed by atoms with Crippen molar-refractivity contribution in [2.75, 3.05) is 13.2 Å². The second-order valence-electron chi connectivity index (χ2n) is 12.8. The number of allylic oxidation sites excluding steroid dienone is 6. The molecule has 0 aromatic carbocycles. The number of aliphatic hydroxyl groups excluding tert-OH is 1. The summed E-state index contributed by atoms with van der Waals surface area (Å²) < 4.78 is 26.6. The van der Waals surface area contributed by atoms with Crippen LogP contribution in [-0.2, 0) is 23.4 Å². The van der Waals surface area contributed by atoms with Gasteiger partial charge in [-0.2, -0.15) is 0 Å². The molecule has 0 aliphatic heterocycles. The van der Waals surface area contributed by atoms with E-state index in [1.807, 2.05) is 24.3 Å². The minimum atomic E-state index is -4.68. The lowest BCUT2D eigenvalue weighted by Gasteiger charge is -2.17. The highest BCUT2D eigenvalue weighted by molar-refractivity contribution is 7.46. The second kappa shape index (κ2) is 35.1. The van der Waals surface area contributed by atoms with Gasteiger partial charge in [-0.3, -0.25) is 9.32 Å². The van der Waals surface area contributed by atoms with Crippen LogP contribution >= 0.6 is 7.82 Å². The van der Waals surface area contributed by atoms with Crippen molar-refractivity contribution in [3.8, 4) is 0 Å². The fourth-order valence-electron chi connectivity index (χ4n) is 5.14. The molecular weight excluding hydrogens is 627 g/mol. The molecule has 0 aromatic rings. The lowest BCUT2D eigenvalue weighted by molar-refractivity contribution is -0.147. The van der Waals surface area contributed by atoms with E-state index in [0.29, 0.717) is 12.8 Å². The van der Waals surface area contributed by atoms with E-state index in [-0.39, 0.29) is 13.0 Å². The van der Waals surface area contributed by atoms with E-state index >= 15 is 0 Å². The number of esters is 1. The molecule has 48 heavy (non-hydrogen) atoms. The van der Waals surface area contributed by atoms with Gasteiger partial charge in [-0.25, -0.2) is 4.57 Å². The molecule has 280 valence electrons. The molecule has 0 amide bonds. The molecule has 0 spiro atoms. The summed E-state index contributed by atoms with van der Waals surface area (Å²) in [7, 11) is -4.68. The molecule has 2 atom stereocenters. The highest BCUT2D eigenvalue weighted by atomic mass is 31.2. The van der Waals surface area contributed by atoms with Gasteiger partial charge in [-0.05, 0) is 51.0 Å². The quantitative estimate of drug-likeness (QED) is 0.0149. The summed E-state index contributed by atoms with van der Waals surface area (Å²) in [5, 5.41) is 10.2. The summed E-state index contributed by atoms with van der Waals surface area (Å²) in [4.78, 5) is 30.3. The number of carbonyl (C=O) groups excluding carboxylic acids is 1. The zero-order chi connectivity index (χ0) is 35.4. The number of rotatable bonds is 35. The van der Waals surface area contributed by atoms with Crippen LogP contribution < -0.4 is 0 Å². The highest BCUT2D eigenvalue weighted by Gasteiger charge is 2.20. The number of unbranched alkanes of at least 4 members (excludes halogenated alkanes) is 18. The average molecular weight is 699 g/mol. The molecule has 9 heteroatoms. The molecule has 0 aliphatic carbocycles. The largest absolute Gasteiger partial charge is 0.492 e. The monoisotopic (exact) mass is 698 g/mol. The SMILES string of the molecule is CCCCCCCC/C=C/C/C=C/C=C/C(O)CCCC(=O)OC[C@H](COP(=O)(O)O)O/C=C/CCCCCCCCCCCCCC. The third-order valence-electron chi connectivity index (χ3n) is 8.07. The Hall–Kier alpha value is -1.70. The number of aliphatic hydroxyl groups is 1. The van der Waals surface area contributed by atoms with E-state index in [1.54, 1.807) is 6.08 Å². The number of hydrogen-bond acceptors (Lipinski definition) is 6. The molecule has 0 bridgehead atoms. The summed E-state index contributed by atoms with van der Waals surface area (Å²) in [6.07, 6.45) is 40.9. The summed E-state index contributed by atoms with van der Waals surface area (Å²) in [6.45, 7) is 3.88. The van der Waals surface area contributed by atoms with Crippen molar-refractivity contribution in [3.63, 3.8) is 0 Å². The van der Waals surface area contributed by atoms with E-state index in [2.05, 4.69) is 30.5 Å². The third-order valence-corrected chi connectivity index (χ3v) is 8.56. The van der Waals surface area contributed by atoms with Crippen LogP contribution in [0.5, 0.6) is 0 Å². The number of carbonyl (C=O) groups is 1. The number of hydrogen-bond donors (Lipinski definition) is 3. The normalized spacial score (nSPS) is 13.8. The Morgan fingerprint density at radius 3 is 1.77 bits per heavy atom. The van der Waals surface area contributed by atoms with Crippen LogP contribution in [0.2, 0.25) is 0 Å². The Morgan fingerprint density at radius 2 is 1.21 bits per heavy atom. The van der Waals surface area contributed by atoms with Crippen molar-refractivity contribution in [2.24, 2.45) is 0 Å². The Kier molecular flexibility index (Phi) is 33.9. The first-order valence-electron chi connectivity index (χ1n) is 19.1. The van der Waals surface area contributed by atoms with Gasteiger partial charge >= 0.3 is 13.8 Å². The number of phosphoric ester groups is 1. The van der Waals surface area contributed by atoms with Crippen molar-refractivity contribution in [3.05, 3.63) is 48.8 Å². The summed E-state index contributed by atoms with van der Waals surface area (Å²) in [5.41, 5.74) is 0. The number of ether oxygens (including phenoxy) is 2. The first kappa shape index (κ1) is 46.3. The van der Waals surface area contributed by atoms with Crippen molar-refractivity contribution in [1.29, 1.82) is 0 Å². The van der Waals surface area contributed by atoms with Crippen molar-refractivity contribution in [1.82, 2.24) is 0 Å². The van der Waals surface area contributed by atoms with Gasteiger partial charge in [0.25, 0.3) is 0 Å². The Balaban J connectivity index is 4.09. The standard InChI is InChI=1S/C39H71O8P/c1-3-5-7-9-11-13-15-17-19-21-23-25-27-29-34-45-38(36-47-48(42,43)44)35-46-39(41)33-30-32-37(40)31-28-26-24-22-20-18-16-14-12-10-8-6-4-2/h18,20,24,26,28-29,31,34,37-38,40H,3-17,19,21-23,25,27,30,32-33,35-36H2,1-2H3,(H2,42,43,44)/b20-18+,26-24+,31-28+,34-29+/t37?,38-/m1/s1. The topological polar surface area (TPSA) is 123 Å². The average Bonchev–Trinajstić information content (AvgIpc) is 3.05. The Bertz CT molecular complexity index is 879. The first-order chi connectivity index (χ1) is 23.3. The predicted molar refractivity (Wildman–Crippen MR) is 199 cm³/mol. The Morgan fingerprint density at radius 1 is 0.667 bits per heavy atom. The van der Waals surface area contributed by atoms with Crippen LogP contribution in [0.3, 0.4) is 0 Å². The molecule has 8 nitrogen and oxygen atoms in total. The van der Waals surface area contributed by atoms with Crippen LogP contribution in [0.4, 0.5) is 0 Å². The van der Waals surface area contributed by atoms with Gasteiger partial charge in [0.05, 0.1) is 19.0 Å². The molecule has 3 N–H and O–H groups in total. The molecule has 0 radical (unpaired) electrons. The molecule has 0 aliphatic rings. The van der Waals surface area contributed by atoms with Gasteiger partial charge in [-0.1, -0.05) is 153 Å². The molecule has 0 fully saturated rings. The van der Waals surface area contributed by atoms with E-state index in [0.717, 1.165) is 32.1 Å². The lowest BCUT2D eigenvalue weighted by Crippen LogP contribution is -2.25. The van der Waals surface area contributed by atoms with E-state index in [4.69, 9.17) is 19.3 Å². The summed E-state index contributed by atoms with van der Waals surface area (Å²) in [5.74, 6) is -0.468. The van der Waals surface area contributed by atoms with Gasteiger partial charge in [0.2, 0.25) is 0 Å². The smallest absolute Gasteiger partial charge is 0.469 e. The predicted octanol–water partition coefficient (Wildman–Crippen LogP) is 11.0. The van der Waals surface area contributed by atoms with Gasteiger partial charge in [-0.15, -0.1) is 0 Å². The van der Waals surface area contributed by atoms with Crippen LogP contribution in [-0.4, -0.2) is 46.3 Å². The van der Waals surface area contributed by atoms with Gasteiger partial charge in [0.15, 0.2) is 6.10 Å². The lowest BCUT2D eigenvalue weighted by atomic mass is 10.0. The molecule has 0 saturated heterocycles. The third kappa shape index (κ3) is 37.1. The van der Waals surface area contributed by atoms with Crippen LogP contribution in [0.15, 0.2) is 48.8 Å². The number of phosphoric acid groups is 1. The maximum atomic E-state index is 12.2. The van der Waals surface area contributed by atoms with E-state index in [9.17, 15) is 14.5 Å². The zero-order valence-electron chi connectivity index (χ0n) is 30.5. The van der Waals surface area contributed by atoms with Crippen LogP contribution in [0.1, 0.15) is 168 Å². The van der Waals surface area contributed by atoms with Gasteiger partial charge in [0.1, 0.15) is 6.61 Å². The highest BCUT2D eigenvalue weighted by Crippen LogP contribution is 2.35. The van der Waals surface area contributed by atoms with Crippen molar-refractivity contribution < 1.29 is 38.3 Å². The second-order valence-corrected chi connectivity index (χ2v) is 14.1. The maximum Gasteiger partial charge on any atom is 0.469 e.